The van der Waals surface area contributed by atoms with Crippen LogP contribution in [0.1, 0.15) is 40.0 Å². The third-order valence-corrected chi connectivity index (χ3v) is 6.24. The van der Waals surface area contributed by atoms with E-state index in [2.05, 4.69) is 10.6 Å². The highest BCUT2D eigenvalue weighted by atomic mass is 32.2. The quantitative estimate of drug-likeness (QED) is 0.791. The van der Waals surface area contributed by atoms with Gasteiger partial charge in [-0.05, 0) is 37.5 Å². The first kappa shape index (κ1) is 17.9. The fourth-order valence-electron chi connectivity index (χ4n) is 3.09. The van der Waals surface area contributed by atoms with Crippen molar-refractivity contribution < 1.29 is 22.7 Å². The van der Waals surface area contributed by atoms with Gasteiger partial charge in [0, 0.05) is 30.3 Å². The molecule has 0 aliphatic carbocycles. The van der Waals surface area contributed by atoms with E-state index in [0.717, 1.165) is 19.4 Å². The minimum atomic E-state index is -3.05. The molecule has 0 radical (unpaired) electrons. The second-order valence-corrected chi connectivity index (χ2v) is 8.73. The molecule has 7 nitrogen and oxygen atoms in total. The molecule has 0 spiro atoms. The Bertz CT molecular complexity index is 756. The normalized spacial score (nSPS) is 24.8. The Kier molecular flexibility index (Phi) is 5.39. The molecular formula is C17H22N2O5S. The molecule has 2 N–H and O–H groups in total. The molecule has 2 aliphatic heterocycles. The van der Waals surface area contributed by atoms with E-state index in [1.807, 2.05) is 0 Å². The summed E-state index contributed by atoms with van der Waals surface area (Å²) in [6, 6.07) is 6.04. The van der Waals surface area contributed by atoms with Crippen LogP contribution >= 0.6 is 0 Å². The lowest BCUT2D eigenvalue weighted by Crippen LogP contribution is -2.36. The van der Waals surface area contributed by atoms with Crippen molar-refractivity contribution in [1.82, 2.24) is 10.6 Å². The highest BCUT2D eigenvalue weighted by Gasteiger charge is 2.29. The minimum absolute atomic E-state index is 0.0275. The van der Waals surface area contributed by atoms with Crippen LogP contribution in [-0.4, -0.2) is 57.0 Å². The minimum Gasteiger partial charge on any atom is -0.376 e. The topological polar surface area (TPSA) is 102 Å². The summed E-state index contributed by atoms with van der Waals surface area (Å²) in [4.78, 5) is 24.5. The fraction of sp³-hybridized carbons (Fsp3) is 0.529. The number of carbonyl (C=O) groups is 2. The van der Waals surface area contributed by atoms with E-state index >= 15 is 0 Å². The molecule has 0 saturated carbocycles. The second-order valence-electron chi connectivity index (χ2n) is 6.50. The van der Waals surface area contributed by atoms with Crippen molar-refractivity contribution in [1.29, 1.82) is 0 Å². The summed E-state index contributed by atoms with van der Waals surface area (Å²) in [7, 11) is -3.05. The maximum absolute atomic E-state index is 12.3. The van der Waals surface area contributed by atoms with Gasteiger partial charge in [-0.3, -0.25) is 9.59 Å². The first-order valence-electron chi connectivity index (χ1n) is 8.44. The Labute approximate surface area is 147 Å². The molecule has 1 aromatic rings. The van der Waals surface area contributed by atoms with Crippen LogP contribution in [0.15, 0.2) is 24.3 Å². The number of nitrogens with one attached hydrogen (secondary N) is 2. The van der Waals surface area contributed by atoms with Gasteiger partial charge in [0.2, 0.25) is 0 Å². The lowest BCUT2D eigenvalue weighted by atomic mass is 10.1. The van der Waals surface area contributed by atoms with E-state index in [1.165, 1.54) is 6.07 Å². The Balaban J connectivity index is 1.58. The molecule has 8 heteroatoms. The van der Waals surface area contributed by atoms with Crippen molar-refractivity contribution in [2.75, 3.05) is 24.7 Å². The molecule has 3 rings (SSSR count). The van der Waals surface area contributed by atoms with Gasteiger partial charge >= 0.3 is 0 Å². The van der Waals surface area contributed by atoms with Gasteiger partial charge in [-0.25, -0.2) is 8.42 Å². The van der Waals surface area contributed by atoms with Crippen LogP contribution in [0.5, 0.6) is 0 Å². The van der Waals surface area contributed by atoms with Crippen LogP contribution in [0, 0.1) is 0 Å². The zero-order chi connectivity index (χ0) is 17.9. The van der Waals surface area contributed by atoms with Gasteiger partial charge in [0.05, 0.1) is 17.6 Å². The standard InChI is InChI=1S/C17H22N2O5S/c20-16(18-10-15-5-2-7-24-15)12-3-1-4-13(9-12)17(21)19-14-6-8-25(22,23)11-14/h1,3-4,9,14-15H,2,5-8,10-11H2,(H,18,20)(H,19,21). The van der Waals surface area contributed by atoms with Crippen molar-refractivity contribution in [2.24, 2.45) is 0 Å². The average Bonchev–Trinajstić information content (AvgIpc) is 3.22. The third kappa shape index (κ3) is 4.79. The van der Waals surface area contributed by atoms with E-state index < -0.39 is 9.84 Å². The summed E-state index contributed by atoms with van der Waals surface area (Å²) in [5.74, 6) is -0.548. The Morgan fingerprint density at radius 2 is 1.92 bits per heavy atom. The summed E-state index contributed by atoms with van der Waals surface area (Å²) in [5, 5.41) is 5.54. The van der Waals surface area contributed by atoms with Crippen molar-refractivity contribution >= 4 is 21.7 Å². The Hall–Kier alpha value is -1.93. The van der Waals surface area contributed by atoms with Crippen molar-refractivity contribution in [3.05, 3.63) is 35.4 Å². The number of ether oxygens (including phenoxy) is 1. The summed E-state index contributed by atoms with van der Waals surface area (Å²) < 4.78 is 28.4. The molecule has 25 heavy (non-hydrogen) atoms. The first-order valence-corrected chi connectivity index (χ1v) is 10.3. The predicted octanol–water partition coefficient (Wildman–Crippen LogP) is 0.512. The van der Waals surface area contributed by atoms with Crippen LogP contribution in [-0.2, 0) is 14.6 Å². The summed E-state index contributed by atoms with van der Waals surface area (Å²) in [5.41, 5.74) is 0.735. The molecule has 2 saturated heterocycles. The van der Waals surface area contributed by atoms with Crippen molar-refractivity contribution in [3.8, 4) is 0 Å². The largest absolute Gasteiger partial charge is 0.376 e. The van der Waals surface area contributed by atoms with E-state index in [0.29, 0.717) is 24.1 Å². The van der Waals surface area contributed by atoms with Crippen LogP contribution in [0.4, 0.5) is 0 Å². The second kappa shape index (κ2) is 7.53. The van der Waals surface area contributed by atoms with Crippen LogP contribution in [0.25, 0.3) is 0 Å². The molecule has 0 aromatic heterocycles. The van der Waals surface area contributed by atoms with Crippen molar-refractivity contribution in [3.63, 3.8) is 0 Å². The van der Waals surface area contributed by atoms with E-state index in [4.69, 9.17) is 4.74 Å². The van der Waals surface area contributed by atoms with Gasteiger partial charge in [-0.1, -0.05) is 6.07 Å². The smallest absolute Gasteiger partial charge is 0.251 e. The molecular weight excluding hydrogens is 344 g/mol. The maximum atomic E-state index is 12.3. The monoisotopic (exact) mass is 366 g/mol. The Morgan fingerprint density at radius 3 is 2.56 bits per heavy atom. The number of rotatable bonds is 5. The van der Waals surface area contributed by atoms with E-state index in [9.17, 15) is 18.0 Å². The third-order valence-electron chi connectivity index (χ3n) is 4.47. The van der Waals surface area contributed by atoms with Gasteiger partial charge in [0.1, 0.15) is 0 Å². The Morgan fingerprint density at radius 1 is 1.16 bits per heavy atom. The number of amides is 2. The number of hydrogen-bond acceptors (Lipinski definition) is 5. The van der Waals surface area contributed by atoms with E-state index in [-0.39, 0.29) is 35.5 Å². The van der Waals surface area contributed by atoms with E-state index in [1.54, 1.807) is 18.2 Å². The molecule has 2 amide bonds. The molecule has 0 bridgehead atoms. The lowest BCUT2D eigenvalue weighted by Gasteiger charge is -2.13. The summed E-state index contributed by atoms with van der Waals surface area (Å²) in [6.07, 6.45) is 2.43. The van der Waals surface area contributed by atoms with Gasteiger partial charge in [0.25, 0.3) is 11.8 Å². The molecule has 2 atom stereocenters. The summed E-state index contributed by atoms with van der Waals surface area (Å²) >= 11 is 0. The number of benzene rings is 1. The molecule has 136 valence electrons. The summed E-state index contributed by atoms with van der Waals surface area (Å²) in [6.45, 7) is 1.18. The van der Waals surface area contributed by atoms with Crippen LogP contribution in [0.3, 0.4) is 0 Å². The van der Waals surface area contributed by atoms with Gasteiger partial charge < -0.3 is 15.4 Å². The number of sulfone groups is 1. The zero-order valence-corrected chi connectivity index (χ0v) is 14.7. The average molecular weight is 366 g/mol. The molecule has 2 unspecified atom stereocenters. The van der Waals surface area contributed by atoms with Gasteiger partial charge in [-0.15, -0.1) is 0 Å². The predicted molar refractivity (Wildman–Crippen MR) is 92.3 cm³/mol. The number of hydrogen-bond donors (Lipinski definition) is 2. The highest BCUT2D eigenvalue weighted by Crippen LogP contribution is 2.13. The van der Waals surface area contributed by atoms with Gasteiger partial charge in [-0.2, -0.15) is 0 Å². The van der Waals surface area contributed by atoms with Gasteiger partial charge in [0.15, 0.2) is 9.84 Å². The van der Waals surface area contributed by atoms with Crippen LogP contribution < -0.4 is 10.6 Å². The highest BCUT2D eigenvalue weighted by molar-refractivity contribution is 7.91. The first-order chi connectivity index (χ1) is 11.9. The molecule has 2 aliphatic rings. The lowest BCUT2D eigenvalue weighted by molar-refractivity contribution is 0.0857. The SMILES string of the molecule is O=C(NCC1CCCO1)c1cccc(C(=O)NC2CCS(=O)(=O)C2)c1. The maximum Gasteiger partial charge on any atom is 0.251 e. The molecule has 2 heterocycles. The number of carbonyl (C=O) groups excluding carboxylic acids is 2. The fourth-order valence-corrected chi connectivity index (χ4v) is 4.77. The van der Waals surface area contributed by atoms with Crippen molar-refractivity contribution in [2.45, 2.75) is 31.4 Å². The molecule has 2 fully saturated rings. The molecule has 1 aromatic carbocycles. The van der Waals surface area contributed by atoms with Crippen LogP contribution in [0.2, 0.25) is 0 Å². The zero-order valence-electron chi connectivity index (χ0n) is 13.9.